The first-order valence-electron chi connectivity index (χ1n) is 7.66. The number of aromatic nitrogens is 1. The van der Waals surface area contributed by atoms with Crippen molar-refractivity contribution in [2.24, 2.45) is 12.1 Å². The van der Waals surface area contributed by atoms with Crippen LogP contribution in [0.2, 0.25) is 0 Å². The second-order valence-electron chi connectivity index (χ2n) is 5.58. The molecule has 1 heterocycles. The third kappa shape index (κ3) is 3.49. The van der Waals surface area contributed by atoms with Gasteiger partial charge in [0, 0.05) is 7.05 Å². The summed E-state index contributed by atoms with van der Waals surface area (Å²) in [6.45, 7) is 3.69. The first-order valence-corrected chi connectivity index (χ1v) is 8.48. The Morgan fingerprint density at radius 1 is 1.25 bits per heavy atom. The number of carbonyl (C=O) groups excluding carboxylic acids is 1. The molecule has 0 fully saturated rings. The molecule has 0 saturated carbocycles. The molecule has 0 radical (unpaired) electrons. The molecule has 0 aliphatic rings. The number of nitrogens with one attached hydrogen (secondary N) is 1. The van der Waals surface area contributed by atoms with Crippen molar-refractivity contribution in [2.75, 3.05) is 0 Å². The molecule has 0 bridgehead atoms. The van der Waals surface area contributed by atoms with E-state index in [-0.39, 0.29) is 5.91 Å². The maximum absolute atomic E-state index is 12.2. The van der Waals surface area contributed by atoms with Gasteiger partial charge in [0.2, 0.25) is 4.80 Å². The third-order valence-electron chi connectivity index (χ3n) is 3.65. The van der Waals surface area contributed by atoms with Gasteiger partial charge in [0.05, 0.1) is 10.2 Å². The quantitative estimate of drug-likeness (QED) is 0.742. The fourth-order valence-corrected chi connectivity index (χ4v) is 3.31. The average Bonchev–Trinajstić information content (AvgIpc) is 2.89. The summed E-state index contributed by atoms with van der Waals surface area (Å²) in [6.07, 6.45) is -0.629. The summed E-state index contributed by atoms with van der Waals surface area (Å²) in [4.78, 5) is 12.9. The Morgan fingerprint density at radius 3 is 2.79 bits per heavy atom. The van der Waals surface area contributed by atoms with Crippen LogP contribution in [0.15, 0.2) is 53.6 Å². The number of hydrogen-bond acceptors (Lipinski definition) is 4. The molecule has 0 saturated heterocycles. The van der Waals surface area contributed by atoms with Gasteiger partial charge in [-0.25, -0.2) is 5.43 Å². The lowest BCUT2D eigenvalue weighted by atomic mass is 10.2. The summed E-state index contributed by atoms with van der Waals surface area (Å²) in [5.41, 5.74) is 4.75. The second-order valence-corrected chi connectivity index (χ2v) is 6.58. The lowest BCUT2D eigenvalue weighted by Crippen LogP contribution is -2.35. The van der Waals surface area contributed by atoms with Crippen molar-refractivity contribution in [1.29, 1.82) is 0 Å². The monoisotopic (exact) mass is 341 g/mol. The standard InChI is InChI=1S/C18H19N3O2S/c1-12-7-6-8-14(11-12)23-13(2)17(22)19-20-18-21(3)15-9-4-5-10-16(15)24-18/h4-11,13H,1-3H3,(H,19,22)/b20-18+/t13-/m1/s1. The number of aryl methyl sites for hydroxylation is 2. The van der Waals surface area contributed by atoms with E-state index in [0.29, 0.717) is 5.75 Å². The van der Waals surface area contributed by atoms with Gasteiger partial charge in [-0.3, -0.25) is 4.79 Å². The number of rotatable bonds is 4. The van der Waals surface area contributed by atoms with Gasteiger partial charge < -0.3 is 9.30 Å². The second kappa shape index (κ2) is 6.88. The van der Waals surface area contributed by atoms with Gasteiger partial charge in [0.1, 0.15) is 5.75 Å². The van der Waals surface area contributed by atoms with Crippen LogP contribution < -0.4 is 15.0 Å². The average molecular weight is 341 g/mol. The Balaban J connectivity index is 1.72. The molecule has 0 spiro atoms. The number of benzene rings is 2. The van der Waals surface area contributed by atoms with Crippen molar-refractivity contribution >= 4 is 27.5 Å². The number of thiazole rings is 1. The molecule has 0 aliphatic heterocycles. The molecule has 5 nitrogen and oxygen atoms in total. The maximum Gasteiger partial charge on any atom is 0.280 e. The van der Waals surface area contributed by atoms with Crippen molar-refractivity contribution in [3.8, 4) is 5.75 Å². The predicted octanol–water partition coefficient (Wildman–Crippen LogP) is 2.95. The van der Waals surface area contributed by atoms with Crippen molar-refractivity contribution in [2.45, 2.75) is 20.0 Å². The highest BCUT2D eigenvalue weighted by molar-refractivity contribution is 7.16. The fraction of sp³-hybridized carbons (Fsp3) is 0.222. The molecule has 1 atom stereocenters. The van der Waals surface area contributed by atoms with Crippen molar-refractivity contribution in [1.82, 2.24) is 9.99 Å². The zero-order valence-corrected chi connectivity index (χ0v) is 14.6. The molecular formula is C18H19N3O2S. The highest BCUT2D eigenvalue weighted by atomic mass is 32.1. The number of carbonyl (C=O) groups is 1. The van der Waals surface area contributed by atoms with Crippen molar-refractivity contribution < 1.29 is 9.53 Å². The normalized spacial score (nSPS) is 13.0. The number of ether oxygens (including phenoxy) is 1. The summed E-state index contributed by atoms with van der Waals surface area (Å²) in [5, 5.41) is 4.23. The zero-order chi connectivity index (χ0) is 17.1. The summed E-state index contributed by atoms with van der Waals surface area (Å²) in [5.74, 6) is 0.388. The summed E-state index contributed by atoms with van der Waals surface area (Å²) in [6, 6.07) is 15.6. The van der Waals surface area contributed by atoms with Gasteiger partial charge in [-0.05, 0) is 43.7 Å². The molecule has 1 amide bonds. The number of nitrogens with zero attached hydrogens (tertiary/aromatic N) is 2. The van der Waals surface area contributed by atoms with Gasteiger partial charge in [0.15, 0.2) is 6.10 Å². The Bertz CT molecular complexity index is 943. The Hall–Kier alpha value is -2.60. The molecule has 0 unspecified atom stereocenters. The number of amides is 1. The van der Waals surface area contributed by atoms with E-state index in [0.717, 1.165) is 20.6 Å². The van der Waals surface area contributed by atoms with E-state index in [9.17, 15) is 4.79 Å². The summed E-state index contributed by atoms with van der Waals surface area (Å²) >= 11 is 1.52. The summed E-state index contributed by atoms with van der Waals surface area (Å²) < 4.78 is 8.73. The SMILES string of the molecule is Cc1cccc(O[C@H](C)C(=O)N/N=c2/sc3ccccc3n2C)c1. The molecule has 3 aromatic rings. The first kappa shape index (κ1) is 16.3. The van der Waals surface area contributed by atoms with Gasteiger partial charge in [-0.2, -0.15) is 0 Å². The smallest absolute Gasteiger partial charge is 0.280 e. The van der Waals surface area contributed by atoms with E-state index in [1.165, 1.54) is 11.3 Å². The fourth-order valence-electron chi connectivity index (χ4n) is 2.33. The van der Waals surface area contributed by atoms with E-state index >= 15 is 0 Å². The molecule has 6 heteroatoms. The van der Waals surface area contributed by atoms with Crippen LogP contribution in [0, 0.1) is 6.92 Å². The van der Waals surface area contributed by atoms with Gasteiger partial charge >= 0.3 is 0 Å². The number of hydrogen-bond donors (Lipinski definition) is 1. The zero-order valence-electron chi connectivity index (χ0n) is 13.8. The molecule has 2 aromatic carbocycles. The molecule has 24 heavy (non-hydrogen) atoms. The van der Waals surface area contributed by atoms with Crippen LogP contribution in [0.1, 0.15) is 12.5 Å². The van der Waals surface area contributed by atoms with Gasteiger partial charge in [0.25, 0.3) is 5.91 Å². The molecular weight excluding hydrogens is 322 g/mol. The highest BCUT2D eigenvalue weighted by Crippen LogP contribution is 2.15. The van der Waals surface area contributed by atoms with E-state index in [1.54, 1.807) is 6.92 Å². The minimum atomic E-state index is -0.629. The van der Waals surface area contributed by atoms with Crippen molar-refractivity contribution in [3.05, 3.63) is 58.9 Å². The van der Waals surface area contributed by atoms with E-state index in [4.69, 9.17) is 4.74 Å². The van der Waals surface area contributed by atoms with Crippen LogP contribution in [-0.2, 0) is 11.8 Å². The van der Waals surface area contributed by atoms with E-state index in [1.807, 2.05) is 67.1 Å². The van der Waals surface area contributed by atoms with Crippen LogP contribution in [0.25, 0.3) is 10.2 Å². The first-order chi connectivity index (χ1) is 11.5. The Morgan fingerprint density at radius 2 is 2.04 bits per heavy atom. The molecule has 3 rings (SSSR count). The Labute approximate surface area is 144 Å². The minimum absolute atomic E-state index is 0.283. The van der Waals surface area contributed by atoms with E-state index < -0.39 is 6.10 Å². The van der Waals surface area contributed by atoms with Crippen LogP contribution in [-0.4, -0.2) is 16.6 Å². The maximum atomic E-state index is 12.2. The molecule has 0 aliphatic carbocycles. The topological polar surface area (TPSA) is 55.6 Å². The largest absolute Gasteiger partial charge is 0.481 e. The van der Waals surface area contributed by atoms with Crippen LogP contribution >= 0.6 is 11.3 Å². The Kier molecular flexibility index (Phi) is 4.66. The lowest BCUT2D eigenvalue weighted by Gasteiger charge is -2.13. The van der Waals surface area contributed by atoms with Gasteiger partial charge in [-0.15, -0.1) is 5.10 Å². The van der Waals surface area contributed by atoms with Crippen LogP contribution in [0.3, 0.4) is 0 Å². The number of para-hydroxylation sites is 1. The summed E-state index contributed by atoms with van der Waals surface area (Å²) in [7, 11) is 1.93. The minimum Gasteiger partial charge on any atom is -0.481 e. The van der Waals surface area contributed by atoms with Crippen LogP contribution in [0.5, 0.6) is 5.75 Å². The third-order valence-corrected chi connectivity index (χ3v) is 4.76. The van der Waals surface area contributed by atoms with Crippen LogP contribution in [0.4, 0.5) is 0 Å². The van der Waals surface area contributed by atoms with Gasteiger partial charge in [-0.1, -0.05) is 35.6 Å². The lowest BCUT2D eigenvalue weighted by molar-refractivity contribution is -0.127. The van der Waals surface area contributed by atoms with Crippen molar-refractivity contribution in [3.63, 3.8) is 0 Å². The highest BCUT2D eigenvalue weighted by Gasteiger charge is 2.14. The number of fused-ring (bicyclic) bond motifs is 1. The molecule has 1 N–H and O–H groups in total. The predicted molar refractivity (Wildman–Crippen MR) is 95.8 cm³/mol. The molecule has 1 aromatic heterocycles. The molecule has 124 valence electrons. The van der Waals surface area contributed by atoms with E-state index in [2.05, 4.69) is 10.5 Å².